The Morgan fingerprint density at radius 3 is 2.40 bits per heavy atom. The van der Waals surface area contributed by atoms with Crippen LogP contribution in [0.25, 0.3) is 0 Å². The van der Waals surface area contributed by atoms with Crippen molar-refractivity contribution < 1.29 is 5.11 Å². The SMILES string of the molecule is CN(C)CCC(N)CCO. The average molecular weight is 146 g/mol. The van der Waals surface area contributed by atoms with Crippen LogP contribution >= 0.6 is 0 Å². The number of hydrogen-bond acceptors (Lipinski definition) is 3. The van der Waals surface area contributed by atoms with Crippen LogP contribution in [-0.2, 0) is 0 Å². The average Bonchev–Trinajstić information content (AvgIpc) is 1.85. The molecule has 0 bridgehead atoms. The zero-order valence-corrected chi connectivity index (χ0v) is 6.88. The van der Waals surface area contributed by atoms with E-state index in [0.29, 0.717) is 6.42 Å². The summed E-state index contributed by atoms with van der Waals surface area (Å²) >= 11 is 0. The first kappa shape index (κ1) is 9.88. The van der Waals surface area contributed by atoms with Gasteiger partial charge in [0.1, 0.15) is 0 Å². The topological polar surface area (TPSA) is 49.5 Å². The molecule has 1 atom stereocenters. The van der Waals surface area contributed by atoms with E-state index < -0.39 is 0 Å². The molecule has 0 aliphatic heterocycles. The van der Waals surface area contributed by atoms with Gasteiger partial charge in [0.15, 0.2) is 0 Å². The van der Waals surface area contributed by atoms with E-state index in [2.05, 4.69) is 4.90 Å². The second-order valence-corrected chi connectivity index (χ2v) is 2.86. The van der Waals surface area contributed by atoms with Crippen LogP contribution in [0.3, 0.4) is 0 Å². The van der Waals surface area contributed by atoms with E-state index in [-0.39, 0.29) is 12.6 Å². The highest BCUT2D eigenvalue weighted by Gasteiger charge is 2.00. The smallest absolute Gasteiger partial charge is 0.0445 e. The molecule has 0 aliphatic carbocycles. The molecule has 1 unspecified atom stereocenters. The normalized spacial score (nSPS) is 14.1. The van der Waals surface area contributed by atoms with Gasteiger partial charge in [0.25, 0.3) is 0 Å². The van der Waals surface area contributed by atoms with E-state index in [1.54, 1.807) is 0 Å². The van der Waals surface area contributed by atoms with Crippen LogP contribution in [0.5, 0.6) is 0 Å². The maximum atomic E-state index is 8.51. The minimum atomic E-state index is 0.160. The van der Waals surface area contributed by atoms with Gasteiger partial charge in [0, 0.05) is 12.6 Å². The molecular weight excluding hydrogens is 128 g/mol. The fourth-order valence-electron chi connectivity index (χ4n) is 0.734. The van der Waals surface area contributed by atoms with Gasteiger partial charge in [-0.2, -0.15) is 0 Å². The molecule has 0 amide bonds. The molecule has 3 heteroatoms. The summed E-state index contributed by atoms with van der Waals surface area (Å²) in [6.45, 7) is 1.20. The molecule has 62 valence electrons. The van der Waals surface area contributed by atoms with Gasteiger partial charge in [0.05, 0.1) is 0 Å². The standard InChI is InChI=1S/C7H18N2O/c1-9(2)5-3-7(8)4-6-10/h7,10H,3-6,8H2,1-2H3. The van der Waals surface area contributed by atoms with Crippen molar-refractivity contribution >= 4 is 0 Å². The second-order valence-electron chi connectivity index (χ2n) is 2.86. The molecule has 0 fully saturated rings. The number of aliphatic hydroxyl groups excluding tert-OH is 1. The zero-order valence-electron chi connectivity index (χ0n) is 6.88. The Morgan fingerprint density at radius 1 is 1.40 bits per heavy atom. The van der Waals surface area contributed by atoms with Crippen LogP contribution in [0.2, 0.25) is 0 Å². The predicted octanol–water partition coefficient (Wildman–Crippen LogP) is -0.352. The second kappa shape index (κ2) is 5.65. The van der Waals surface area contributed by atoms with Gasteiger partial charge in [-0.25, -0.2) is 0 Å². The van der Waals surface area contributed by atoms with E-state index in [4.69, 9.17) is 10.8 Å². The molecule has 0 aromatic rings. The van der Waals surface area contributed by atoms with Crippen LogP contribution in [0.4, 0.5) is 0 Å². The number of hydrogen-bond donors (Lipinski definition) is 2. The van der Waals surface area contributed by atoms with Crippen LogP contribution < -0.4 is 5.73 Å². The Bertz CT molecular complexity index is 76.0. The van der Waals surface area contributed by atoms with Gasteiger partial charge in [0.2, 0.25) is 0 Å². The van der Waals surface area contributed by atoms with Crippen molar-refractivity contribution in [3.63, 3.8) is 0 Å². The Balaban J connectivity index is 3.12. The fraction of sp³-hybridized carbons (Fsp3) is 1.00. The number of aliphatic hydroxyl groups is 1. The summed E-state index contributed by atoms with van der Waals surface area (Å²) in [4.78, 5) is 2.09. The van der Waals surface area contributed by atoms with E-state index in [0.717, 1.165) is 13.0 Å². The van der Waals surface area contributed by atoms with Crippen molar-refractivity contribution in [2.45, 2.75) is 18.9 Å². The van der Waals surface area contributed by atoms with E-state index >= 15 is 0 Å². The van der Waals surface area contributed by atoms with Gasteiger partial charge in [-0.3, -0.25) is 0 Å². The lowest BCUT2D eigenvalue weighted by Crippen LogP contribution is -2.26. The van der Waals surface area contributed by atoms with Crippen molar-refractivity contribution in [3.05, 3.63) is 0 Å². The highest BCUT2D eigenvalue weighted by Crippen LogP contribution is 1.93. The lowest BCUT2D eigenvalue weighted by molar-refractivity contribution is 0.266. The summed E-state index contributed by atoms with van der Waals surface area (Å²) in [6.07, 6.45) is 1.68. The zero-order chi connectivity index (χ0) is 7.98. The van der Waals surface area contributed by atoms with E-state index in [9.17, 15) is 0 Å². The third kappa shape index (κ3) is 6.01. The summed E-state index contributed by atoms with van der Waals surface area (Å²) in [5.41, 5.74) is 5.65. The Labute approximate surface area is 62.8 Å². The highest BCUT2D eigenvalue weighted by molar-refractivity contribution is 4.61. The molecule has 0 rings (SSSR count). The quantitative estimate of drug-likeness (QED) is 0.557. The van der Waals surface area contributed by atoms with Crippen LogP contribution in [0.15, 0.2) is 0 Å². The third-order valence-corrected chi connectivity index (χ3v) is 1.45. The molecule has 0 radical (unpaired) electrons. The molecule has 0 aromatic heterocycles. The van der Waals surface area contributed by atoms with Gasteiger partial charge < -0.3 is 15.7 Å². The summed E-state index contributed by atoms with van der Waals surface area (Å²) in [7, 11) is 4.04. The molecular formula is C7H18N2O. The number of nitrogens with zero attached hydrogens (tertiary/aromatic N) is 1. The summed E-state index contributed by atoms with van der Waals surface area (Å²) < 4.78 is 0. The van der Waals surface area contributed by atoms with Crippen molar-refractivity contribution in [3.8, 4) is 0 Å². The first-order valence-corrected chi connectivity index (χ1v) is 3.68. The molecule has 3 N–H and O–H groups in total. The monoisotopic (exact) mass is 146 g/mol. The molecule has 3 nitrogen and oxygen atoms in total. The fourth-order valence-corrected chi connectivity index (χ4v) is 0.734. The van der Waals surface area contributed by atoms with Gasteiger partial charge in [-0.05, 0) is 33.5 Å². The summed E-state index contributed by atoms with van der Waals surface area (Å²) in [6, 6.07) is 0.160. The molecule has 0 aromatic carbocycles. The molecule has 0 aliphatic rings. The summed E-state index contributed by atoms with van der Waals surface area (Å²) in [5.74, 6) is 0. The van der Waals surface area contributed by atoms with Crippen molar-refractivity contribution in [1.29, 1.82) is 0 Å². The Kier molecular flexibility index (Phi) is 5.58. The summed E-state index contributed by atoms with van der Waals surface area (Å²) in [5, 5.41) is 8.51. The minimum Gasteiger partial charge on any atom is -0.396 e. The van der Waals surface area contributed by atoms with Crippen LogP contribution in [0.1, 0.15) is 12.8 Å². The Morgan fingerprint density at radius 2 is 2.00 bits per heavy atom. The highest BCUT2D eigenvalue weighted by atomic mass is 16.3. The largest absolute Gasteiger partial charge is 0.396 e. The Hall–Kier alpha value is -0.120. The minimum absolute atomic E-state index is 0.160. The maximum absolute atomic E-state index is 8.51. The van der Waals surface area contributed by atoms with Crippen LogP contribution in [-0.4, -0.2) is 43.3 Å². The van der Waals surface area contributed by atoms with Crippen molar-refractivity contribution in [2.24, 2.45) is 5.73 Å². The molecule has 10 heavy (non-hydrogen) atoms. The lowest BCUT2D eigenvalue weighted by atomic mass is 10.1. The van der Waals surface area contributed by atoms with Crippen molar-refractivity contribution in [1.82, 2.24) is 4.90 Å². The molecule has 0 saturated carbocycles. The van der Waals surface area contributed by atoms with Gasteiger partial charge >= 0.3 is 0 Å². The third-order valence-electron chi connectivity index (χ3n) is 1.45. The lowest BCUT2D eigenvalue weighted by Gasteiger charge is -2.13. The van der Waals surface area contributed by atoms with Crippen molar-refractivity contribution in [2.75, 3.05) is 27.2 Å². The maximum Gasteiger partial charge on any atom is 0.0445 e. The van der Waals surface area contributed by atoms with E-state index in [1.165, 1.54) is 0 Å². The van der Waals surface area contributed by atoms with Gasteiger partial charge in [-0.1, -0.05) is 0 Å². The number of rotatable bonds is 5. The predicted molar refractivity (Wildman–Crippen MR) is 42.8 cm³/mol. The molecule has 0 saturated heterocycles. The number of nitrogens with two attached hydrogens (primary N) is 1. The molecule has 0 heterocycles. The van der Waals surface area contributed by atoms with Crippen LogP contribution in [0, 0.1) is 0 Å². The first-order valence-electron chi connectivity index (χ1n) is 3.68. The van der Waals surface area contributed by atoms with E-state index in [1.807, 2.05) is 14.1 Å². The van der Waals surface area contributed by atoms with Gasteiger partial charge in [-0.15, -0.1) is 0 Å². The first-order chi connectivity index (χ1) is 4.66. The molecule has 0 spiro atoms.